The Bertz CT molecular complexity index is 1830. The smallest absolute Gasteiger partial charge is 0.326 e. The van der Waals surface area contributed by atoms with E-state index in [4.69, 9.17) is 15.9 Å². The molecule has 0 aliphatic rings. The molecular weight excluding hydrogens is 666 g/mol. The number of aromatic nitrogens is 4. The lowest BCUT2D eigenvalue weighted by Crippen LogP contribution is -2.52. The number of carbonyl (C=O) groups is 7. The Hall–Kier alpha value is -6.67. The third-order valence-electron chi connectivity index (χ3n) is 6.93. The zero-order chi connectivity index (χ0) is 37.0. The SMILES string of the molecule is Nc1nc2ncc(CNc3ccc(C(=O)N[C@@H](CCC(=O)O)C(=O)N[C@@H](CCC(=O)N[C@@H](CCC(=O)O)C(=O)O)C(=O)O)cc3)nc2c(=O)[nH]1. The van der Waals surface area contributed by atoms with Crippen LogP contribution >= 0.6 is 0 Å². The van der Waals surface area contributed by atoms with Crippen LogP contribution in [0.1, 0.15) is 54.6 Å². The van der Waals surface area contributed by atoms with Crippen molar-refractivity contribution in [2.24, 2.45) is 0 Å². The molecule has 0 saturated carbocycles. The highest BCUT2D eigenvalue weighted by Crippen LogP contribution is 2.13. The number of nitrogens with zero attached hydrogens (tertiary/aromatic N) is 3. The molecule has 266 valence electrons. The average molecular weight is 700 g/mol. The van der Waals surface area contributed by atoms with Gasteiger partial charge >= 0.3 is 23.9 Å². The second-order valence-corrected chi connectivity index (χ2v) is 10.7. The first-order valence-electron chi connectivity index (χ1n) is 14.8. The van der Waals surface area contributed by atoms with Gasteiger partial charge in [0.25, 0.3) is 11.5 Å². The monoisotopic (exact) mass is 699 g/mol. The van der Waals surface area contributed by atoms with E-state index in [0.29, 0.717) is 11.4 Å². The molecule has 3 aromatic rings. The van der Waals surface area contributed by atoms with Gasteiger partial charge in [-0.15, -0.1) is 0 Å². The molecule has 2 heterocycles. The van der Waals surface area contributed by atoms with E-state index >= 15 is 0 Å². The van der Waals surface area contributed by atoms with Gasteiger partial charge in [-0.05, 0) is 43.5 Å². The van der Waals surface area contributed by atoms with E-state index in [0.717, 1.165) is 0 Å². The molecular formula is C29H33N9O12. The number of carboxylic acids is 4. The van der Waals surface area contributed by atoms with Crippen LogP contribution in [0.5, 0.6) is 0 Å². The first kappa shape index (κ1) is 37.8. The molecule has 21 nitrogen and oxygen atoms in total. The van der Waals surface area contributed by atoms with Crippen molar-refractivity contribution in [3.05, 3.63) is 52.1 Å². The van der Waals surface area contributed by atoms with Crippen molar-refractivity contribution in [1.82, 2.24) is 35.9 Å². The number of hydrogen-bond acceptors (Lipinski definition) is 13. The van der Waals surface area contributed by atoms with E-state index in [-0.39, 0.29) is 29.2 Å². The Labute approximate surface area is 280 Å². The standard InChI is InChI=1S/C29H33N9O12/c30-29-37-23-22(26(46)38-29)33-15(12-32-23)11-31-14-3-1-13(2-4-14)24(44)35-16(6-9-20(40)41)25(45)36-18(28(49)50)5-8-19(39)34-17(27(47)48)7-10-21(42)43/h1-4,12,16-18,31H,5-11H2,(H,34,39)(H,35,44)(H,36,45)(H,40,41)(H,42,43)(H,47,48)(H,49,50)(H3,30,32,37,38,46)/t16-,17-,18-/m0/s1. The number of carbonyl (C=O) groups excluding carboxylic acids is 3. The molecule has 3 amide bonds. The second kappa shape index (κ2) is 17.5. The number of rotatable bonds is 19. The third-order valence-corrected chi connectivity index (χ3v) is 6.93. The quantitative estimate of drug-likeness (QED) is 0.0691. The predicted molar refractivity (Wildman–Crippen MR) is 169 cm³/mol. The highest BCUT2D eigenvalue weighted by Gasteiger charge is 2.29. The average Bonchev–Trinajstić information content (AvgIpc) is 3.05. The van der Waals surface area contributed by atoms with Gasteiger partial charge in [0, 0.05) is 30.5 Å². The van der Waals surface area contributed by atoms with Crippen molar-refractivity contribution in [3.8, 4) is 0 Å². The Morgan fingerprint density at radius 2 is 1.34 bits per heavy atom. The molecule has 1 aromatic carbocycles. The number of carboxylic acid groups (broad SMARTS) is 4. The third kappa shape index (κ3) is 11.5. The number of fused-ring (bicyclic) bond motifs is 1. The largest absolute Gasteiger partial charge is 0.481 e. The summed E-state index contributed by atoms with van der Waals surface area (Å²) in [6, 6.07) is 1.10. The van der Waals surface area contributed by atoms with Gasteiger partial charge in [0.05, 0.1) is 18.4 Å². The number of nitrogen functional groups attached to an aromatic ring is 1. The van der Waals surface area contributed by atoms with Crippen molar-refractivity contribution in [1.29, 1.82) is 0 Å². The molecule has 0 aliphatic heterocycles. The fourth-order valence-corrected chi connectivity index (χ4v) is 4.36. The highest BCUT2D eigenvalue weighted by molar-refractivity contribution is 5.98. The van der Waals surface area contributed by atoms with Crippen molar-refractivity contribution in [2.75, 3.05) is 11.1 Å². The molecule has 0 fully saturated rings. The summed E-state index contributed by atoms with van der Waals surface area (Å²) in [4.78, 5) is 110. The zero-order valence-corrected chi connectivity index (χ0v) is 26.0. The summed E-state index contributed by atoms with van der Waals surface area (Å²) in [6.45, 7) is 0.132. The molecule has 0 saturated heterocycles. The Morgan fingerprint density at radius 3 is 1.94 bits per heavy atom. The molecule has 3 atom stereocenters. The van der Waals surface area contributed by atoms with Crippen LogP contribution in [0.25, 0.3) is 11.2 Å². The highest BCUT2D eigenvalue weighted by atomic mass is 16.4. The lowest BCUT2D eigenvalue weighted by atomic mass is 10.1. The number of anilines is 2. The van der Waals surface area contributed by atoms with Gasteiger partial charge in [0.15, 0.2) is 11.2 Å². The Balaban J connectivity index is 1.61. The van der Waals surface area contributed by atoms with Crippen LogP contribution in [-0.4, -0.2) is 100 Å². The van der Waals surface area contributed by atoms with E-state index in [1.54, 1.807) is 0 Å². The minimum atomic E-state index is -1.69. The Morgan fingerprint density at radius 1 is 0.760 bits per heavy atom. The van der Waals surface area contributed by atoms with Crippen LogP contribution in [0.15, 0.2) is 35.3 Å². The van der Waals surface area contributed by atoms with Crippen LogP contribution in [0.4, 0.5) is 11.6 Å². The van der Waals surface area contributed by atoms with E-state index in [9.17, 15) is 48.6 Å². The maximum Gasteiger partial charge on any atom is 0.326 e. The van der Waals surface area contributed by atoms with E-state index in [2.05, 4.69) is 41.2 Å². The molecule has 2 aromatic heterocycles. The van der Waals surface area contributed by atoms with Crippen LogP contribution in [-0.2, 0) is 35.3 Å². The minimum absolute atomic E-state index is 0.00831. The molecule has 0 radical (unpaired) electrons. The number of aromatic amines is 1. The number of aliphatic carboxylic acids is 4. The molecule has 0 aliphatic carbocycles. The van der Waals surface area contributed by atoms with E-state index in [1.807, 2.05) is 0 Å². The lowest BCUT2D eigenvalue weighted by Gasteiger charge is -2.21. The van der Waals surface area contributed by atoms with E-state index in [1.165, 1.54) is 30.5 Å². The van der Waals surface area contributed by atoms with Crippen LogP contribution < -0.4 is 32.6 Å². The maximum atomic E-state index is 13.0. The maximum absolute atomic E-state index is 13.0. The van der Waals surface area contributed by atoms with Gasteiger partial charge in [0.1, 0.15) is 18.1 Å². The van der Waals surface area contributed by atoms with Crippen LogP contribution in [0.3, 0.4) is 0 Å². The molecule has 3 rings (SSSR count). The molecule has 21 heteroatoms. The summed E-state index contributed by atoms with van der Waals surface area (Å²) in [5.74, 6) is -8.51. The van der Waals surface area contributed by atoms with Crippen molar-refractivity contribution >= 4 is 64.4 Å². The fourth-order valence-electron chi connectivity index (χ4n) is 4.36. The molecule has 11 N–H and O–H groups in total. The van der Waals surface area contributed by atoms with Crippen LogP contribution in [0, 0.1) is 0 Å². The number of nitrogens with two attached hydrogens (primary N) is 1. The van der Waals surface area contributed by atoms with Gasteiger partial charge in [-0.25, -0.2) is 19.6 Å². The van der Waals surface area contributed by atoms with Crippen molar-refractivity contribution in [3.63, 3.8) is 0 Å². The zero-order valence-electron chi connectivity index (χ0n) is 26.0. The Kier molecular flexibility index (Phi) is 13.2. The van der Waals surface area contributed by atoms with Gasteiger partial charge in [-0.1, -0.05) is 0 Å². The number of amides is 3. The van der Waals surface area contributed by atoms with Crippen molar-refractivity contribution in [2.45, 2.75) is 63.2 Å². The summed E-state index contributed by atoms with van der Waals surface area (Å²) < 4.78 is 0. The molecule has 0 spiro atoms. The van der Waals surface area contributed by atoms with Gasteiger partial charge in [-0.2, -0.15) is 4.98 Å². The van der Waals surface area contributed by atoms with Gasteiger partial charge in [0.2, 0.25) is 17.8 Å². The minimum Gasteiger partial charge on any atom is -0.481 e. The fraction of sp³-hybridized carbons (Fsp3) is 0.345. The first-order valence-corrected chi connectivity index (χ1v) is 14.8. The molecule has 0 bridgehead atoms. The summed E-state index contributed by atoms with van der Waals surface area (Å²) in [5.41, 5.74) is 5.99. The first-order chi connectivity index (χ1) is 23.6. The van der Waals surface area contributed by atoms with Crippen LogP contribution in [0.2, 0.25) is 0 Å². The summed E-state index contributed by atoms with van der Waals surface area (Å²) in [6.07, 6.45) is -1.64. The lowest BCUT2D eigenvalue weighted by molar-refractivity contribution is -0.144. The van der Waals surface area contributed by atoms with Gasteiger partial charge in [-0.3, -0.25) is 33.8 Å². The van der Waals surface area contributed by atoms with Gasteiger partial charge < -0.3 is 47.4 Å². The number of benzene rings is 1. The normalized spacial score (nSPS) is 12.6. The molecule has 50 heavy (non-hydrogen) atoms. The second-order valence-electron chi connectivity index (χ2n) is 10.7. The number of H-pyrrole nitrogens is 1. The summed E-state index contributed by atoms with van der Waals surface area (Å²) >= 11 is 0. The topological polar surface area (TPSA) is 346 Å². The summed E-state index contributed by atoms with van der Waals surface area (Å²) in [5, 5.41) is 46.3. The number of hydrogen-bond donors (Lipinski definition) is 10. The number of nitrogens with one attached hydrogen (secondary N) is 5. The molecule has 0 unspecified atom stereocenters. The van der Waals surface area contributed by atoms with E-state index < -0.39 is 104 Å². The van der Waals surface area contributed by atoms with Crippen molar-refractivity contribution < 1.29 is 54.0 Å². The summed E-state index contributed by atoms with van der Waals surface area (Å²) in [7, 11) is 0. The predicted octanol–water partition coefficient (Wildman–Crippen LogP) is -1.35.